The summed E-state index contributed by atoms with van der Waals surface area (Å²) in [4.78, 5) is 11.1. The molecule has 33 heavy (non-hydrogen) atoms. The minimum Gasteiger partial charge on any atom is -0.478 e. The van der Waals surface area contributed by atoms with E-state index in [0.717, 1.165) is 12.1 Å². The number of para-hydroxylation sites is 1. The molecule has 8 nitrogen and oxygen atoms in total. The van der Waals surface area contributed by atoms with E-state index in [-0.39, 0.29) is 26.7 Å². The SMILES string of the molecule is O=C(O)c1ccccc1CS(=O)(=O)c1ccc(Cl)cc1NS(=O)(=O)c1cc2ccccc2o1. The zero-order chi connectivity index (χ0) is 23.8. The van der Waals surface area contributed by atoms with Gasteiger partial charge in [-0.3, -0.25) is 4.72 Å². The number of furan rings is 1. The fourth-order valence-corrected chi connectivity index (χ4v) is 6.09. The Morgan fingerprint density at radius 3 is 2.36 bits per heavy atom. The molecule has 0 atom stereocenters. The third-order valence-corrected chi connectivity index (χ3v) is 7.95. The lowest BCUT2D eigenvalue weighted by molar-refractivity contribution is 0.0696. The van der Waals surface area contributed by atoms with E-state index in [4.69, 9.17) is 16.0 Å². The van der Waals surface area contributed by atoms with Gasteiger partial charge in [-0.25, -0.2) is 13.2 Å². The first-order valence-electron chi connectivity index (χ1n) is 9.42. The van der Waals surface area contributed by atoms with Crippen molar-refractivity contribution in [2.45, 2.75) is 15.7 Å². The Labute approximate surface area is 194 Å². The fraction of sp³-hybridized carbons (Fsp3) is 0.0455. The summed E-state index contributed by atoms with van der Waals surface area (Å²) >= 11 is 6.00. The quantitative estimate of drug-likeness (QED) is 0.376. The van der Waals surface area contributed by atoms with Gasteiger partial charge in [0.05, 0.1) is 21.9 Å². The Balaban J connectivity index is 1.74. The average molecular weight is 506 g/mol. The van der Waals surface area contributed by atoms with Crippen LogP contribution in [0, 0.1) is 0 Å². The van der Waals surface area contributed by atoms with Crippen molar-refractivity contribution in [1.82, 2.24) is 0 Å². The number of aromatic carboxylic acids is 1. The van der Waals surface area contributed by atoms with Crippen LogP contribution in [0.25, 0.3) is 11.0 Å². The van der Waals surface area contributed by atoms with E-state index >= 15 is 0 Å². The highest BCUT2D eigenvalue weighted by Crippen LogP contribution is 2.31. The third kappa shape index (κ3) is 4.72. The van der Waals surface area contributed by atoms with Crippen molar-refractivity contribution >= 4 is 54.1 Å². The van der Waals surface area contributed by atoms with Crippen molar-refractivity contribution in [3.63, 3.8) is 0 Å². The molecule has 3 aromatic carbocycles. The van der Waals surface area contributed by atoms with Gasteiger partial charge in [0.2, 0.25) is 5.09 Å². The Hall–Kier alpha value is -3.34. The van der Waals surface area contributed by atoms with E-state index in [1.807, 2.05) is 0 Å². The molecule has 0 aliphatic heterocycles. The number of carboxylic acid groups (broad SMARTS) is 1. The molecule has 170 valence electrons. The number of hydrogen-bond acceptors (Lipinski definition) is 6. The number of benzene rings is 3. The molecule has 4 aromatic rings. The van der Waals surface area contributed by atoms with Crippen molar-refractivity contribution in [2.24, 2.45) is 0 Å². The minimum atomic E-state index is -4.30. The Morgan fingerprint density at radius 2 is 1.64 bits per heavy atom. The van der Waals surface area contributed by atoms with E-state index in [2.05, 4.69) is 4.72 Å². The van der Waals surface area contributed by atoms with Crippen molar-refractivity contribution in [3.05, 3.63) is 88.9 Å². The molecule has 0 spiro atoms. The van der Waals surface area contributed by atoms with Gasteiger partial charge < -0.3 is 9.52 Å². The summed E-state index contributed by atoms with van der Waals surface area (Å²) < 4.78 is 59.9. The number of anilines is 1. The van der Waals surface area contributed by atoms with Crippen LogP contribution in [0.1, 0.15) is 15.9 Å². The number of carbonyl (C=O) groups is 1. The Kier molecular flexibility index (Phi) is 5.91. The van der Waals surface area contributed by atoms with Crippen LogP contribution in [0.15, 0.2) is 87.2 Å². The van der Waals surface area contributed by atoms with Crippen LogP contribution in [-0.2, 0) is 25.6 Å². The second-order valence-corrected chi connectivity index (χ2v) is 11.1. The molecule has 0 fully saturated rings. The van der Waals surface area contributed by atoms with Crippen molar-refractivity contribution in [2.75, 3.05) is 4.72 Å². The molecule has 0 aliphatic rings. The molecule has 1 aromatic heterocycles. The van der Waals surface area contributed by atoms with Crippen LogP contribution in [0.2, 0.25) is 5.02 Å². The largest absolute Gasteiger partial charge is 0.478 e. The number of carboxylic acids is 1. The average Bonchev–Trinajstić information content (AvgIpc) is 3.19. The highest BCUT2D eigenvalue weighted by Gasteiger charge is 2.27. The molecule has 0 amide bonds. The summed E-state index contributed by atoms with van der Waals surface area (Å²) in [5.74, 6) is -1.93. The first-order chi connectivity index (χ1) is 15.6. The Bertz CT molecular complexity index is 1560. The predicted molar refractivity (Wildman–Crippen MR) is 123 cm³/mol. The van der Waals surface area contributed by atoms with Crippen molar-refractivity contribution in [3.8, 4) is 0 Å². The number of halogens is 1. The van der Waals surface area contributed by atoms with Gasteiger partial charge in [0, 0.05) is 16.5 Å². The van der Waals surface area contributed by atoms with Crippen LogP contribution in [-0.4, -0.2) is 27.9 Å². The van der Waals surface area contributed by atoms with Gasteiger partial charge in [-0.2, -0.15) is 8.42 Å². The van der Waals surface area contributed by atoms with Gasteiger partial charge in [0.1, 0.15) is 5.58 Å². The minimum absolute atomic E-state index is 0.0611. The molecule has 0 bridgehead atoms. The lowest BCUT2D eigenvalue weighted by Crippen LogP contribution is -2.16. The maximum atomic E-state index is 13.2. The molecule has 11 heteroatoms. The lowest BCUT2D eigenvalue weighted by Gasteiger charge is -2.13. The normalized spacial score (nSPS) is 12.0. The molecular formula is C22H16ClNO7S2. The zero-order valence-electron chi connectivity index (χ0n) is 16.7. The topological polar surface area (TPSA) is 131 Å². The Morgan fingerprint density at radius 1 is 0.939 bits per heavy atom. The van der Waals surface area contributed by atoms with Crippen molar-refractivity contribution < 1.29 is 31.2 Å². The van der Waals surface area contributed by atoms with E-state index in [1.165, 1.54) is 36.4 Å². The first kappa shape index (κ1) is 22.8. The van der Waals surface area contributed by atoms with Crippen molar-refractivity contribution in [1.29, 1.82) is 0 Å². The summed E-state index contributed by atoms with van der Waals surface area (Å²) in [7, 11) is -8.48. The summed E-state index contributed by atoms with van der Waals surface area (Å²) in [6.45, 7) is 0. The highest BCUT2D eigenvalue weighted by atomic mass is 35.5. The smallest absolute Gasteiger partial charge is 0.335 e. The van der Waals surface area contributed by atoms with Gasteiger partial charge in [-0.15, -0.1) is 0 Å². The molecule has 0 unspecified atom stereocenters. The molecule has 0 radical (unpaired) electrons. The molecule has 0 saturated carbocycles. The lowest BCUT2D eigenvalue weighted by atomic mass is 10.1. The number of sulfonamides is 1. The zero-order valence-corrected chi connectivity index (χ0v) is 19.1. The van der Waals surface area contributed by atoms with E-state index in [1.54, 1.807) is 24.3 Å². The number of hydrogen-bond donors (Lipinski definition) is 2. The summed E-state index contributed by atoms with van der Waals surface area (Å²) in [5.41, 5.74) is -0.0386. The van der Waals surface area contributed by atoms with E-state index in [9.17, 15) is 26.7 Å². The van der Waals surface area contributed by atoms with Crippen LogP contribution >= 0.6 is 11.6 Å². The summed E-state index contributed by atoms with van der Waals surface area (Å²) in [5, 5.41) is 9.61. The van der Waals surface area contributed by atoms with Gasteiger partial charge in [0.25, 0.3) is 10.0 Å². The van der Waals surface area contributed by atoms with Gasteiger partial charge in [0.15, 0.2) is 9.84 Å². The number of rotatable bonds is 7. The molecular weight excluding hydrogens is 490 g/mol. The maximum Gasteiger partial charge on any atom is 0.335 e. The maximum absolute atomic E-state index is 13.2. The second-order valence-electron chi connectivity index (χ2n) is 7.07. The number of sulfone groups is 1. The van der Waals surface area contributed by atoms with Crippen LogP contribution in [0.4, 0.5) is 5.69 Å². The molecule has 2 N–H and O–H groups in total. The van der Waals surface area contributed by atoms with Gasteiger partial charge in [-0.05, 0) is 35.9 Å². The van der Waals surface area contributed by atoms with Gasteiger partial charge in [-0.1, -0.05) is 48.0 Å². The highest BCUT2D eigenvalue weighted by molar-refractivity contribution is 7.93. The van der Waals surface area contributed by atoms with Crippen LogP contribution in [0.3, 0.4) is 0 Å². The second kappa shape index (κ2) is 8.54. The number of nitrogens with one attached hydrogen (secondary N) is 1. The first-order valence-corrected chi connectivity index (χ1v) is 12.9. The van der Waals surface area contributed by atoms with Gasteiger partial charge >= 0.3 is 5.97 Å². The molecule has 4 rings (SSSR count). The fourth-order valence-electron chi connectivity index (χ4n) is 3.28. The standard InChI is InChI=1S/C22H16ClNO7S2/c23-16-9-10-20(32(27,28)13-15-6-1-3-7-17(15)22(25)26)18(12-16)24-33(29,30)21-11-14-5-2-4-8-19(14)31-21/h1-12,24H,13H2,(H,25,26). The molecule has 1 heterocycles. The number of fused-ring (bicyclic) bond motifs is 1. The van der Waals surface area contributed by atoms with E-state index < -0.39 is 36.7 Å². The molecule has 0 saturated heterocycles. The monoisotopic (exact) mass is 505 g/mol. The molecule has 0 aliphatic carbocycles. The summed E-state index contributed by atoms with van der Waals surface area (Å²) in [6, 6.07) is 17.3. The predicted octanol–water partition coefficient (Wildman–Crippen LogP) is 4.56. The van der Waals surface area contributed by atoms with Crippen LogP contribution in [0.5, 0.6) is 0 Å². The van der Waals surface area contributed by atoms with Crippen LogP contribution < -0.4 is 4.72 Å². The third-order valence-electron chi connectivity index (χ3n) is 4.78. The summed E-state index contributed by atoms with van der Waals surface area (Å²) in [6.07, 6.45) is 0. The van der Waals surface area contributed by atoms with E-state index in [0.29, 0.717) is 11.0 Å².